The number of hydrogen-bond donors (Lipinski definition) is 2. The molecule has 0 bridgehead atoms. The van der Waals surface area contributed by atoms with Crippen LogP contribution in [0.2, 0.25) is 0 Å². The monoisotopic (exact) mass is 391 g/mol. The number of nitrogens with zero attached hydrogens (tertiary/aromatic N) is 1. The summed E-state index contributed by atoms with van der Waals surface area (Å²) in [5, 5.41) is 10.4. The SMILES string of the molecule is COc1ccc(OC)c([C@H]2C(C(C)=O)=C(O)C(=O)N2CC[NH+]2CCOCC2)c1. The maximum absolute atomic E-state index is 12.8. The molecule has 1 atom stereocenters. The van der Waals surface area contributed by atoms with Crippen LogP contribution in [-0.4, -0.2) is 75.3 Å². The molecular formula is C20H27N2O6+. The topological polar surface area (TPSA) is 89.7 Å². The number of nitrogens with one attached hydrogen (secondary N) is 1. The highest BCUT2D eigenvalue weighted by molar-refractivity contribution is 6.08. The van der Waals surface area contributed by atoms with Crippen LogP contribution in [0.25, 0.3) is 0 Å². The Bertz CT molecular complexity index is 785. The molecule has 3 rings (SSSR count). The second-order valence-electron chi connectivity index (χ2n) is 6.94. The molecule has 0 radical (unpaired) electrons. The number of ether oxygens (including phenoxy) is 3. The van der Waals surface area contributed by atoms with E-state index in [1.165, 1.54) is 18.9 Å². The van der Waals surface area contributed by atoms with Crippen LogP contribution in [0.5, 0.6) is 11.5 Å². The van der Waals surface area contributed by atoms with E-state index >= 15 is 0 Å². The Labute approximate surface area is 164 Å². The first kappa shape index (κ1) is 20.2. The number of Topliss-reactive ketones (excluding diaryl/α,β-unsaturated/α-hetero) is 1. The van der Waals surface area contributed by atoms with Gasteiger partial charge in [0.25, 0.3) is 5.91 Å². The Morgan fingerprint density at radius 1 is 1.29 bits per heavy atom. The molecule has 0 spiro atoms. The molecule has 2 aliphatic rings. The van der Waals surface area contributed by atoms with Gasteiger partial charge >= 0.3 is 0 Å². The number of aliphatic hydroxyl groups is 1. The summed E-state index contributed by atoms with van der Waals surface area (Å²) in [6, 6.07) is 4.51. The number of ketones is 1. The average molecular weight is 391 g/mol. The van der Waals surface area contributed by atoms with Crippen molar-refractivity contribution in [3.05, 3.63) is 35.1 Å². The van der Waals surface area contributed by atoms with Gasteiger partial charge in [0.1, 0.15) is 24.6 Å². The fraction of sp³-hybridized carbons (Fsp3) is 0.500. The largest absolute Gasteiger partial charge is 0.503 e. The zero-order valence-electron chi connectivity index (χ0n) is 16.5. The number of aliphatic hydroxyl groups excluding tert-OH is 1. The number of quaternary nitrogens is 1. The molecule has 1 aromatic carbocycles. The van der Waals surface area contributed by atoms with Gasteiger partial charge in [0.2, 0.25) is 0 Å². The summed E-state index contributed by atoms with van der Waals surface area (Å²) in [6.45, 7) is 5.59. The first-order valence-electron chi connectivity index (χ1n) is 9.36. The number of carbonyl (C=O) groups is 2. The summed E-state index contributed by atoms with van der Waals surface area (Å²) < 4.78 is 16.2. The maximum Gasteiger partial charge on any atom is 0.290 e. The summed E-state index contributed by atoms with van der Waals surface area (Å²) in [4.78, 5) is 28.0. The summed E-state index contributed by atoms with van der Waals surface area (Å²) in [7, 11) is 3.07. The zero-order chi connectivity index (χ0) is 20.3. The second-order valence-corrected chi connectivity index (χ2v) is 6.94. The van der Waals surface area contributed by atoms with E-state index in [9.17, 15) is 14.7 Å². The van der Waals surface area contributed by atoms with E-state index in [1.54, 1.807) is 30.2 Å². The van der Waals surface area contributed by atoms with E-state index in [4.69, 9.17) is 14.2 Å². The Morgan fingerprint density at radius 3 is 2.61 bits per heavy atom. The van der Waals surface area contributed by atoms with Crippen LogP contribution in [0, 0.1) is 0 Å². The third-order valence-electron chi connectivity index (χ3n) is 5.32. The predicted molar refractivity (Wildman–Crippen MR) is 101 cm³/mol. The molecule has 8 nitrogen and oxygen atoms in total. The first-order valence-corrected chi connectivity index (χ1v) is 9.36. The van der Waals surface area contributed by atoms with Crippen molar-refractivity contribution in [2.75, 3.05) is 53.6 Å². The van der Waals surface area contributed by atoms with E-state index in [2.05, 4.69) is 0 Å². The lowest BCUT2D eigenvalue weighted by Crippen LogP contribution is -3.14. The molecule has 1 amide bonds. The molecule has 0 aliphatic carbocycles. The van der Waals surface area contributed by atoms with Gasteiger partial charge in [-0.25, -0.2) is 0 Å². The number of hydrogen-bond acceptors (Lipinski definition) is 6. The van der Waals surface area contributed by atoms with Gasteiger partial charge in [-0.15, -0.1) is 0 Å². The Balaban J connectivity index is 1.97. The van der Waals surface area contributed by atoms with Crippen LogP contribution in [-0.2, 0) is 14.3 Å². The van der Waals surface area contributed by atoms with Gasteiger partial charge < -0.3 is 29.1 Å². The molecule has 0 aromatic heterocycles. The van der Waals surface area contributed by atoms with E-state index < -0.39 is 17.7 Å². The number of amides is 1. The lowest BCUT2D eigenvalue weighted by atomic mass is 9.95. The van der Waals surface area contributed by atoms with Crippen LogP contribution >= 0.6 is 0 Å². The van der Waals surface area contributed by atoms with Gasteiger partial charge in [0.15, 0.2) is 11.5 Å². The van der Waals surface area contributed by atoms with Gasteiger partial charge in [-0.2, -0.15) is 0 Å². The van der Waals surface area contributed by atoms with Crippen molar-refractivity contribution < 1.29 is 33.8 Å². The summed E-state index contributed by atoms with van der Waals surface area (Å²) >= 11 is 0. The van der Waals surface area contributed by atoms with Crippen LogP contribution in [0.4, 0.5) is 0 Å². The summed E-state index contributed by atoms with van der Waals surface area (Å²) in [5.41, 5.74) is 0.704. The minimum Gasteiger partial charge on any atom is -0.503 e. The Morgan fingerprint density at radius 2 is 2.00 bits per heavy atom. The van der Waals surface area contributed by atoms with Gasteiger partial charge in [0, 0.05) is 5.56 Å². The molecule has 28 heavy (non-hydrogen) atoms. The maximum atomic E-state index is 12.8. The summed E-state index contributed by atoms with van der Waals surface area (Å²) in [5.74, 6) is -0.263. The van der Waals surface area contributed by atoms with Gasteiger partial charge in [-0.1, -0.05) is 0 Å². The highest BCUT2D eigenvalue weighted by atomic mass is 16.5. The minimum atomic E-state index is -0.713. The predicted octanol–water partition coefficient (Wildman–Crippen LogP) is -0.0967. The summed E-state index contributed by atoms with van der Waals surface area (Å²) in [6.07, 6.45) is 0. The fourth-order valence-electron chi connectivity index (χ4n) is 3.81. The molecule has 8 heteroatoms. The first-order chi connectivity index (χ1) is 13.5. The Hall–Kier alpha value is -2.58. The van der Waals surface area contributed by atoms with Crippen molar-refractivity contribution in [3.63, 3.8) is 0 Å². The highest BCUT2D eigenvalue weighted by Crippen LogP contribution is 2.42. The second kappa shape index (κ2) is 8.62. The van der Waals surface area contributed by atoms with Crippen molar-refractivity contribution >= 4 is 11.7 Å². The quantitative estimate of drug-likeness (QED) is 0.675. The van der Waals surface area contributed by atoms with Crippen LogP contribution in [0.3, 0.4) is 0 Å². The van der Waals surface area contributed by atoms with Crippen molar-refractivity contribution in [2.45, 2.75) is 13.0 Å². The molecule has 2 heterocycles. The number of methoxy groups -OCH3 is 2. The lowest BCUT2D eigenvalue weighted by molar-refractivity contribution is -0.907. The molecular weight excluding hydrogens is 364 g/mol. The Kier molecular flexibility index (Phi) is 6.21. The smallest absolute Gasteiger partial charge is 0.290 e. The number of carbonyl (C=O) groups excluding carboxylic acids is 2. The van der Waals surface area contributed by atoms with Crippen molar-refractivity contribution in [1.82, 2.24) is 4.90 Å². The van der Waals surface area contributed by atoms with Crippen molar-refractivity contribution in [3.8, 4) is 11.5 Å². The molecule has 0 unspecified atom stereocenters. The number of benzene rings is 1. The fourth-order valence-corrected chi connectivity index (χ4v) is 3.81. The van der Waals surface area contributed by atoms with E-state index in [0.29, 0.717) is 43.4 Å². The van der Waals surface area contributed by atoms with Gasteiger partial charge in [0.05, 0.1) is 52.1 Å². The molecule has 2 N–H and O–H groups in total. The van der Waals surface area contributed by atoms with E-state index in [-0.39, 0.29) is 11.4 Å². The molecule has 1 fully saturated rings. The van der Waals surface area contributed by atoms with Crippen LogP contribution in [0.1, 0.15) is 18.5 Å². The standard InChI is InChI=1S/C20H26N2O6/c1-13(23)17-18(15-12-14(26-2)4-5-16(15)27-3)22(20(25)19(17)24)7-6-21-8-10-28-11-9-21/h4-5,12,18,24H,6-11H2,1-3H3/p+1/t18-/m0/s1. The van der Waals surface area contributed by atoms with Crippen molar-refractivity contribution in [1.29, 1.82) is 0 Å². The molecule has 1 saturated heterocycles. The van der Waals surface area contributed by atoms with Gasteiger partial charge in [-0.3, -0.25) is 9.59 Å². The third-order valence-corrected chi connectivity index (χ3v) is 5.32. The molecule has 2 aliphatic heterocycles. The molecule has 0 saturated carbocycles. The van der Waals surface area contributed by atoms with Crippen molar-refractivity contribution in [2.24, 2.45) is 0 Å². The van der Waals surface area contributed by atoms with E-state index in [1.807, 2.05) is 0 Å². The average Bonchev–Trinajstić information content (AvgIpc) is 2.97. The van der Waals surface area contributed by atoms with Gasteiger partial charge in [-0.05, 0) is 25.1 Å². The molecule has 152 valence electrons. The van der Waals surface area contributed by atoms with Crippen LogP contribution in [0.15, 0.2) is 29.5 Å². The minimum absolute atomic E-state index is 0.0912. The number of rotatable bonds is 7. The lowest BCUT2D eigenvalue weighted by Gasteiger charge is -2.30. The normalized spacial score (nSPS) is 20.6. The highest BCUT2D eigenvalue weighted by Gasteiger charge is 2.44. The van der Waals surface area contributed by atoms with Crippen LogP contribution < -0.4 is 14.4 Å². The third kappa shape index (κ3) is 3.83. The number of morpholine rings is 1. The zero-order valence-corrected chi connectivity index (χ0v) is 16.5. The van der Waals surface area contributed by atoms with E-state index in [0.717, 1.165) is 13.1 Å². The molecule has 1 aromatic rings.